The Bertz CT molecular complexity index is 293. The third-order valence-corrected chi connectivity index (χ3v) is 2.84. The number of alkyl halides is 2. The van der Waals surface area contributed by atoms with Gasteiger partial charge in [0.15, 0.2) is 0 Å². The van der Waals surface area contributed by atoms with Crippen molar-refractivity contribution in [1.29, 1.82) is 5.26 Å². The van der Waals surface area contributed by atoms with Crippen LogP contribution < -0.4 is 0 Å². The Balaban J connectivity index is 3.25. The number of hydrogen-bond donors (Lipinski definition) is 0. The Morgan fingerprint density at radius 3 is 2.00 bits per heavy atom. The van der Waals surface area contributed by atoms with E-state index in [9.17, 15) is 0 Å². The van der Waals surface area contributed by atoms with Crippen LogP contribution in [0.4, 0.5) is 0 Å². The quantitative estimate of drug-likeness (QED) is 0.766. The van der Waals surface area contributed by atoms with Gasteiger partial charge in [0.25, 0.3) is 0 Å². The van der Waals surface area contributed by atoms with Crippen LogP contribution in [0.25, 0.3) is 0 Å². The molecule has 1 aromatic rings. The summed E-state index contributed by atoms with van der Waals surface area (Å²) >= 11 is 6.69. The number of nitrogens with zero attached hydrogens (tertiary/aromatic N) is 1. The summed E-state index contributed by atoms with van der Waals surface area (Å²) in [5.74, 6) is 0. The molecule has 1 nitrogen and oxygen atoms in total. The maximum absolute atomic E-state index is 8.87. The molecule has 0 spiro atoms. The lowest BCUT2D eigenvalue weighted by atomic mass is 10.0. The Morgan fingerprint density at radius 1 is 1.17 bits per heavy atom. The van der Waals surface area contributed by atoms with Gasteiger partial charge in [0.2, 0.25) is 0 Å². The molecule has 0 heterocycles. The molecule has 1 aromatic carbocycles. The van der Waals surface area contributed by atoms with Gasteiger partial charge in [0.1, 0.15) is 0 Å². The van der Waals surface area contributed by atoms with Crippen molar-refractivity contribution in [3.05, 3.63) is 34.9 Å². The van der Waals surface area contributed by atoms with Crippen LogP contribution in [-0.2, 0) is 10.7 Å². The predicted molar refractivity (Wildman–Crippen MR) is 56.4 cm³/mol. The molecule has 0 atom stereocenters. The molecule has 0 N–H and O–H groups in total. The summed E-state index contributed by atoms with van der Waals surface area (Å²) in [4.78, 5) is 0. The molecule has 1 rings (SSSR count). The maximum atomic E-state index is 8.87. The average molecular weight is 289 g/mol. The Labute approximate surface area is 88.7 Å². The molecule has 0 unspecified atom stereocenters. The van der Waals surface area contributed by atoms with Crippen LogP contribution in [0.2, 0.25) is 0 Å². The fourth-order valence-corrected chi connectivity index (χ4v) is 1.95. The van der Waals surface area contributed by atoms with Crippen molar-refractivity contribution in [3.63, 3.8) is 0 Å². The summed E-state index contributed by atoms with van der Waals surface area (Å²) in [6.07, 6.45) is 0. The molecular formula is C9H7Br2N. The number of hydrogen-bond acceptors (Lipinski definition) is 1. The van der Waals surface area contributed by atoms with Gasteiger partial charge in [-0.15, -0.1) is 0 Å². The summed E-state index contributed by atoms with van der Waals surface area (Å²) in [5, 5.41) is 10.3. The van der Waals surface area contributed by atoms with Crippen molar-refractivity contribution in [3.8, 4) is 6.07 Å². The van der Waals surface area contributed by atoms with Gasteiger partial charge >= 0.3 is 0 Å². The smallest absolute Gasteiger partial charge is 0.0998 e. The van der Waals surface area contributed by atoms with E-state index in [0.29, 0.717) is 0 Å². The monoisotopic (exact) mass is 287 g/mol. The summed E-state index contributed by atoms with van der Waals surface area (Å²) in [6.45, 7) is 0. The SMILES string of the molecule is N#Cc1c(CBr)cccc1CBr. The summed E-state index contributed by atoms with van der Waals surface area (Å²) in [5.41, 5.74) is 2.88. The molecule has 0 bridgehead atoms. The largest absolute Gasteiger partial charge is 0.192 e. The topological polar surface area (TPSA) is 23.8 Å². The molecule has 0 saturated heterocycles. The molecule has 12 heavy (non-hydrogen) atoms. The Kier molecular flexibility index (Phi) is 3.77. The first kappa shape index (κ1) is 9.76. The van der Waals surface area contributed by atoms with Gasteiger partial charge in [-0.05, 0) is 11.1 Å². The second-order valence-corrected chi connectivity index (χ2v) is 3.45. The van der Waals surface area contributed by atoms with Gasteiger partial charge < -0.3 is 0 Å². The fraction of sp³-hybridized carbons (Fsp3) is 0.222. The number of nitriles is 1. The molecule has 0 radical (unpaired) electrons. The Morgan fingerprint density at radius 2 is 1.67 bits per heavy atom. The molecule has 0 saturated carbocycles. The van der Waals surface area contributed by atoms with E-state index in [1.807, 2.05) is 18.2 Å². The van der Waals surface area contributed by atoms with E-state index in [1.165, 1.54) is 0 Å². The van der Waals surface area contributed by atoms with Crippen molar-refractivity contribution in [2.45, 2.75) is 10.7 Å². The normalized spacial score (nSPS) is 9.42. The van der Waals surface area contributed by atoms with Crippen molar-refractivity contribution in [2.24, 2.45) is 0 Å². The van der Waals surface area contributed by atoms with Crippen LogP contribution >= 0.6 is 31.9 Å². The highest BCUT2D eigenvalue weighted by molar-refractivity contribution is 9.08. The third-order valence-electron chi connectivity index (χ3n) is 1.64. The zero-order chi connectivity index (χ0) is 8.97. The third kappa shape index (κ3) is 1.88. The molecule has 62 valence electrons. The first-order chi connectivity index (χ1) is 5.83. The molecule has 0 aliphatic carbocycles. The van der Waals surface area contributed by atoms with Crippen LogP contribution in [0, 0.1) is 11.3 Å². The first-order valence-corrected chi connectivity index (χ1v) is 5.70. The van der Waals surface area contributed by atoms with Crippen LogP contribution in [0.1, 0.15) is 16.7 Å². The number of benzene rings is 1. The van der Waals surface area contributed by atoms with Crippen molar-refractivity contribution >= 4 is 31.9 Å². The van der Waals surface area contributed by atoms with Crippen molar-refractivity contribution in [1.82, 2.24) is 0 Å². The minimum atomic E-state index is 0.733. The zero-order valence-electron chi connectivity index (χ0n) is 6.35. The second kappa shape index (κ2) is 4.64. The minimum Gasteiger partial charge on any atom is -0.192 e. The molecule has 0 aliphatic rings. The fourth-order valence-electron chi connectivity index (χ4n) is 1.02. The summed E-state index contributed by atoms with van der Waals surface area (Å²) in [7, 11) is 0. The maximum Gasteiger partial charge on any atom is 0.0998 e. The van der Waals surface area contributed by atoms with E-state index in [1.54, 1.807) is 0 Å². The standard InChI is InChI=1S/C9H7Br2N/c10-4-7-2-1-3-8(5-11)9(7)6-12/h1-3H,4-5H2. The highest BCUT2D eigenvalue weighted by Crippen LogP contribution is 2.18. The van der Waals surface area contributed by atoms with Gasteiger partial charge in [-0.25, -0.2) is 0 Å². The van der Waals surface area contributed by atoms with E-state index in [4.69, 9.17) is 5.26 Å². The highest BCUT2D eigenvalue weighted by atomic mass is 79.9. The van der Waals surface area contributed by atoms with Gasteiger partial charge in [-0.2, -0.15) is 5.26 Å². The first-order valence-electron chi connectivity index (χ1n) is 3.46. The van der Waals surface area contributed by atoms with Crippen molar-refractivity contribution < 1.29 is 0 Å². The van der Waals surface area contributed by atoms with E-state index < -0.39 is 0 Å². The van der Waals surface area contributed by atoms with Crippen molar-refractivity contribution in [2.75, 3.05) is 0 Å². The lowest BCUT2D eigenvalue weighted by Crippen LogP contribution is -1.91. The summed E-state index contributed by atoms with van der Waals surface area (Å²) in [6, 6.07) is 8.09. The minimum absolute atomic E-state index is 0.733. The predicted octanol–water partition coefficient (Wildman–Crippen LogP) is 3.35. The number of halogens is 2. The highest BCUT2D eigenvalue weighted by Gasteiger charge is 2.04. The van der Waals surface area contributed by atoms with E-state index in [0.717, 1.165) is 27.4 Å². The van der Waals surface area contributed by atoms with Crippen LogP contribution in [0.3, 0.4) is 0 Å². The Hall–Kier alpha value is -0.330. The van der Waals surface area contributed by atoms with Gasteiger partial charge in [0, 0.05) is 10.7 Å². The average Bonchev–Trinajstić information content (AvgIpc) is 2.16. The van der Waals surface area contributed by atoms with Gasteiger partial charge in [-0.1, -0.05) is 50.1 Å². The van der Waals surface area contributed by atoms with E-state index >= 15 is 0 Å². The van der Waals surface area contributed by atoms with Crippen LogP contribution in [0.15, 0.2) is 18.2 Å². The van der Waals surface area contributed by atoms with Crippen LogP contribution in [0.5, 0.6) is 0 Å². The molecule has 0 amide bonds. The van der Waals surface area contributed by atoms with Gasteiger partial charge in [-0.3, -0.25) is 0 Å². The van der Waals surface area contributed by atoms with E-state index in [-0.39, 0.29) is 0 Å². The lowest BCUT2D eigenvalue weighted by molar-refractivity contribution is 1.30. The van der Waals surface area contributed by atoms with Crippen LogP contribution in [-0.4, -0.2) is 0 Å². The zero-order valence-corrected chi connectivity index (χ0v) is 9.52. The molecule has 0 aliphatic heterocycles. The molecule has 0 fully saturated rings. The number of rotatable bonds is 2. The summed E-state index contributed by atoms with van der Waals surface area (Å²) < 4.78 is 0. The van der Waals surface area contributed by atoms with Gasteiger partial charge in [0.05, 0.1) is 11.6 Å². The molecule has 0 aromatic heterocycles. The van der Waals surface area contributed by atoms with E-state index in [2.05, 4.69) is 37.9 Å². The molecule has 3 heteroatoms. The second-order valence-electron chi connectivity index (χ2n) is 2.33. The molecular weight excluding hydrogens is 282 g/mol. The lowest BCUT2D eigenvalue weighted by Gasteiger charge is -2.03.